The van der Waals surface area contributed by atoms with E-state index in [1.165, 1.54) is 6.33 Å². The first-order valence-electron chi connectivity index (χ1n) is 12.1. The lowest BCUT2D eigenvalue weighted by Gasteiger charge is -2.25. The first kappa shape index (κ1) is 24.2. The van der Waals surface area contributed by atoms with Gasteiger partial charge in [0.1, 0.15) is 24.3 Å². The lowest BCUT2D eigenvalue weighted by molar-refractivity contribution is 0.0697. The highest BCUT2D eigenvalue weighted by molar-refractivity contribution is 6.11. The van der Waals surface area contributed by atoms with Gasteiger partial charge < -0.3 is 15.4 Å². The van der Waals surface area contributed by atoms with Gasteiger partial charge in [0, 0.05) is 17.3 Å². The van der Waals surface area contributed by atoms with Crippen molar-refractivity contribution in [1.29, 1.82) is 0 Å². The van der Waals surface area contributed by atoms with Gasteiger partial charge in [0.2, 0.25) is 0 Å². The van der Waals surface area contributed by atoms with Gasteiger partial charge in [-0.3, -0.25) is 0 Å². The normalized spacial score (nSPS) is 14.2. The van der Waals surface area contributed by atoms with Crippen LogP contribution in [0.1, 0.15) is 56.5 Å². The molecular weight excluding hydrogens is 466 g/mol. The molecule has 0 radical (unpaired) electrons. The number of fused-ring (bicyclic) bond motifs is 1. The summed E-state index contributed by atoms with van der Waals surface area (Å²) >= 11 is 0. The van der Waals surface area contributed by atoms with E-state index in [0.717, 1.165) is 40.6 Å². The minimum Gasteiger partial charge on any atom is -0.478 e. The number of aromatic nitrogens is 5. The number of allylic oxidation sites excluding steroid dienone is 3. The number of carboxylic acid groups (broad SMARTS) is 1. The predicted molar refractivity (Wildman–Crippen MR) is 145 cm³/mol. The molecule has 0 atom stereocenters. The third-order valence-electron chi connectivity index (χ3n) is 6.51. The van der Waals surface area contributed by atoms with Crippen molar-refractivity contribution in [3.05, 3.63) is 77.6 Å². The van der Waals surface area contributed by atoms with Crippen molar-refractivity contribution in [2.24, 2.45) is 10.7 Å². The summed E-state index contributed by atoms with van der Waals surface area (Å²) < 4.78 is 3.76. The minimum absolute atomic E-state index is 0.170. The predicted octanol–water partition coefficient (Wildman–Crippen LogP) is 5.18. The van der Waals surface area contributed by atoms with E-state index >= 15 is 0 Å². The Hall–Kier alpha value is -4.53. The quantitative estimate of drug-likeness (QED) is 0.393. The van der Waals surface area contributed by atoms with E-state index in [1.54, 1.807) is 35.4 Å². The average Bonchev–Trinajstić information content (AvgIpc) is 3.49. The van der Waals surface area contributed by atoms with Gasteiger partial charge in [0.05, 0.1) is 22.3 Å². The van der Waals surface area contributed by atoms with Crippen LogP contribution in [-0.2, 0) is 5.54 Å². The van der Waals surface area contributed by atoms with E-state index in [2.05, 4.69) is 65.5 Å². The zero-order valence-corrected chi connectivity index (χ0v) is 21.3. The Kier molecular flexibility index (Phi) is 5.99. The van der Waals surface area contributed by atoms with Crippen molar-refractivity contribution in [1.82, 2.24) is 24.3 Å². The first-order valence-corrected chi connectivity index (χ1v) is 12.1. The fourth-order valence-electron chi connectivity index (χ4n) is 4.64. The Labute approximate surface area is 214 Å². The Morgan fingerprint density at radius 3 is 2.65 bits per heavy atom. The third-order valence-corrected chi connectivity index (χ3v) is 6.51. The van der Waals surface area contributed by atoms with Crippen LogP contribution in [0.2, 0.25) is 0 Å². The average molecular weight is 496 g/mol. The lowest BCUT2D eigenvalue weighted by atomic mass is 10.0. The molecule has 2 aromatic carbocycles. The summed E-state index contributed by atoms with van der Waals surface area (Å²) in [5, 5.41) is 14.0. The number of aromatic carboxylic acids is 1. The van der Waals surface area contributed by atoms with Crippen LogP contribution in [0.5, 0.6) is 0 Å². The fourth-order valence-corrected chi connectivity index (χ4v) is 4.64. The highest BCUT2D eigenvalue weighted by Gasteiger charge is 2.26. The van der Waals surface area contributed by atoms with E-state index in [9.17, 15) is 9.90 Å². The van der Waals surface area contributed by atoms with Gasteiger partial charge in [0.15, 0.2) is 0 Å². The number of carboxylic acids is 1. The highest BCUT2D eigenvalue weighted by Crippen LogP contribution is 2.36. The second-order valence-electron chi connectivity index (χ2n) is 9.99. The summed E-state index contributed by atoms with van der Waals surface area (Å²) in [6.45, 7) is 8.38. The zero-order chi connectivity index (χ0) is 26.3. The van der Waals surface area contributed by atoms with Crippen molar-refractivity contribution < 1.29 is 9.90 Å². The number of imidazole rings is 1. The maximum atomic E-state index is 11.9. The molecule has 0 unspecified atom stereocenters. The van der Waals surface area contributed by atoms with Gasteiger partial charge in [0.25, 0.3) is 0 Å². The monoisotopic (exact) mass is 495 g/mol. The maximum absolute atomic E-state index is 11.9. The molecule has 5 rings (SSSR count). The van der Waals surface area contributed by atoms with Crippen LogP contribution in [0.25, 0.3) is 33.7 Å². The second kappa shape index (κ2) is 9.16. The Morgan fingerprint density at radius 1 is 1.16 bits per heavy atom. The van der Waals surface area contributed by atoms with Crippen LogP contribution in [0.4, 0.5) is 0 Å². The Balaban J connectivity index is 1.72. The summed E-state index contributed by atoms with van der Waals surface area (Å²) in [4.78, 5) is 25.4. The van der Waals surface area contributed by atoms with Crippen molar-refractivity contribution in [2.75, 3.05) is 0 Å². The lowest BCUT2D eigenvalue weighted by Crippen LogP contribution is -2.23. The summed E-state index contributed by atoms with van der Waals surface area (Å²) in [6.07, 6.45) is 8.59. The van der Waals surface area contributed by atoms with Gasteiger partial charge in [-0.15, -0.1) is 0 Å². The number of hydrogen-bond acceptors (Lipinski definition) is 6. The molecule has 9 nitrogen and oxygen atoms in total. The third kappa shape index (κ3) is 4.44. The second-order valence-corrected chi connectivity index (χ2v) is 9.99. The number of carbonyl (C=O) groups is 1. The topological polar surface area (TPSA) is 124 Å². The molecule has 0 aliphatic carbocycles. The van der Waals surface area contributed by atoms with Crippen molar-refractivity contribution >= 4 is 28.8 Å². The number of nitrogens with two attached hydrogens (primary N) is 1. The number of aliphatic imine (C=N–C) groups is 1. The number of nitrogens with zero attached hydrogens (tertiary/aromatic N) is 6. The number of benzene rings is 2. The van der Waals surface area contributed by atoms with E-state index in [-0.39, 0.29) is 11.1 Å². The van der Waals surface area contributed by atoms with E-state index in [4.69, 9.17) is 10.7 Å². The highest BCUT2D eigenvalue weighted by atomic mass is 16.4. The van der Waals surface area contributed by atoms with Gasteiger partial charge >= 0.3 is 5.97 Å². The van der Waals surface area contributed by atoms with Crippen LogP contribution < -0.4 is 5.73 Å². The van der Waals surface area contributed by atoms with E-state index in [1.807, 2.05) is 6.07 Å². The first-order chi connectivity index (χ1) is 17.7. The molecule has 0 spiro atoms. The molecular formula is C28H29N7O2. The van der Waals surface area contributed by atoms with Crippen molar-refractivity contribution in [3.8, 4) is 17.1 Å². The smallest absolute Gasteiger partial charge is 0.335 e. The molecule has 9 heteroatoms. The van der Waals surface area contributed by atoms with Crippen molar-refractivity contribution in [3.63, 3.8) is 0 Å². The molecule has 0 fully saturated rings. The Morgan fingerprint density at radius 2 is 1.97 bits per heavy atom. The molecule has 3 heterocycles. The maximum Gasteiger partial charge on any atom is 0.335 e. The Bertz CT molecular complexity index is 1600. The SMILES string of the molecule is CCC1=C(N)N=CC(c2ccc3c(c2)nc(-c2cc(C(=O)O)ccc2-n2cncn2)n3C(C)(C)C)=CC1. The molecule has 37 heavy (non-hydrogen) atoms. The summed E-state index contributed by atoms with van der Waals surface area (Å²) in [7, 11) is 0. The number of rotatable bonds is 5. The molecule has 3 N–H and O–H groups in total. The van der Waals surface area contributed by atoms with Crippen molar-refractivity contribution in [2.45, 2.75) is 46.1 Å². The van der Waals surface area contributed by atoms with Crippen LogP contribution in [0.15, 0.2) is 71.5 Å². The zero-order valence-electron chi connectivity index (χ0n) is 21.3. The summed E-state index contributed by atoms with van der Waals surface area (Å²) in [5.41, 5.74) is 12.1. The summed E-state index contributed by atoms with van der Waals surface area (Å²) in [6, 6.07) is 11.1. The molecule has 0 amide bonds. The molecule has 1 aliphatic rings. The van der Waals surface area contributed by atoms with Gasteiger partial charge in [-0.2, -0.15) is 5.10 Å². The van der Waals surface area contributed by atoms with Crippen LogP contribution in [0, 0.1) is 0 Å². The molecule has 4 aromatic rings. The fraction of sp³-hybridized carbons (Fsp3) is 0.250. The van der Waals surface area contributed by atoms with E-state index < -0.39 is 5.97 Å². The molecule has 188 valence electrons. The van der Waals surface area contributed by atoms with E-state index in [0.29, 0.717) is 22.9 Å². The minimum atomic E-state index is -1.01. The van der Waals surface area contributed by atoms with Crippen LogP contribution in [0.3, 0.4) is 0 Å². The largest absolute Gasteiger partial charge is 0.478 e. The van der Waals surface area contributed by atoms with Gasteiger partial charge in [-0.1, -0.05) is 19.1 Å². The van der Waals surface area contributed by atoms with Crippen LogP contribution in [-0.4, -0.2) is 41.6 Å². The van der Waals surface area contributed by atoms with Crippen LogP contribution >= 0.6 is 0 Å². The standard InChI is InChI=1S/C28H29N7O2/c1-5-17-6-7-20(14-31-25(17)29)18-8-11-24-22(13-18)33-26(35(24)28(2,3)4)21-12-19(27(36)37)9-10-23(21)34-16-30-15-32-34/h7-16H,5-6,29H2,1-4H3,(H,36,37). The summed E-state index contributed by atoms with van der Waals surface area (Å²) in [5.74, 6) is 0.218. The molecule has 0 saturated carbocycles. The molecule has 0 saturated heterocycles. The van der Waals surface area contributed by atoms with Gasteiger partial charge in [-0.05, 0) is 80.7 Å². The molecule has 2 aromatic heterocycles. The number of hydrogen-bond donors (Lipinski definition) is 2. The molecule has 0 bridgehead atoms. The van der Waals surface area contributed by atoms with Gasteiger partial charge in [-0.25, -0.2) is 24.4 Å². The molecule has 1 aliphatic heterocycles.